The van der Waals surface area contributed by atoms with E-state index < -0.39 is 0 Å². The second kappa shape index (κ2) is 11.7. The highest BCUT2D eigenvalue weighted by atomic mass is 35.5. The summed E-state index contributed by atoms with van der Waals surface area (Å²) in [5, 5.41) is 7.31. The van der Waals surface area contributed by atoms with E-state index in [-0.39, 0.29) is 6.04 Å². The van der Waals surface area contributed by atoms with Crippen LogP contribution in [0, 0.1) is 0 Å². The van der Waals surface area contributed by atoms with Gasteiger partial charge in [0.05, 0.1) is 32.9 Å². The Labute approximate surface area is 183 Å². The molecule has 1 aliphatic heterocycles. The van der Waals surface area contributed by atoms with Crippen molar-refractivity contribution in [2.24, 2.45) is 4.99 Å². The minimum absolute atomic E-state index is 0.209. The van der Waals surface area contributed by atoms with Crippen molar-refractivity contribution in [2.75, 3.05) is 46.5 Å². The van der Waals surface area contributed by atoms with Crippen LogP contribution in [0.4, 0.5) is 0 Å². The van der Waals surface area contributed by atoms with Crippen molar-refractivity contribution in [2.45, 2.75) is 19.5 Å². The molecule has 7 nitrogen and oxygen atoms in total. The molecule has 30 heavy (non-hydrogen) atoms. The van der Waals surface area contributed by atoms with Crippen LogP contribution in [-0.2, 0) is 11.3 Å². The summed E-state index contributed by atoms with van der Waals surface area (Å²) in [6, 6.07) is 12.2. The number of rotatable bonds is 8. The number of nitrogens with one attached hydrogen (secondary N) is 2. The third-order valence-corrected chi connectivity index (χ3v) is 5.23. The highest BCUT2D eigenvalue weighted by Crippen LogP contribution is 2.23. The molecule has 3 rings (SSSR count). The lowest BCUT2D eigenvalue weighted by atomic mass is 10.0. The van der Waals surface area contributed by atoms with Crippen molar-refractivity contribution in [3.05, 3.63) is 58.9 Å². The highest BCUT2D eigenvalue weighted by molar-refractivity contribution is 6.29. The molecule has 2 heterocycles. The average molecular weight is 432 g/mol. The molecule has 1 fully saturated rings. The highest BCUT2D eigenvalue weighted by Gasteiger charge is 2.23. The number of morpholine rings is 1. The van der Waals surface area contributed by atoms with Gasteiger partial charge in [0.2, 0.25) is 0 Å². The lowest BCUT2D eigenvalue weighted by Crippen LogP contribution is -2.46. The number of aromatic nitrogens is 1. The lowest BCUT2D eigenvalue weighted by Gasteiger charge is -2.35. The molecule has 0 saturated carbocycles. The van der Waals surface area contributed by atoms with Gasteiger partial charge in [0.1, 0.15) is 10.9 Å². The monoisotopic (exact) mass is 431 g/mol. The molecule has 0 aliphatic carbocycles. The Morgan fingerprint density at radius 3 is 2.60 bits per heavy atom. The van der Waals surface area contributed by atoms with Crippen LogP contribution in [0.1, 0.15) is 24.1 Å². The third-order valence-electron chi connectivity index (χ3n) is 5.00. The van der Waals surface area contributed by atoms with Gasteiger partial charge in [-0.15, -0.1) is 0 Å². The van der Waals surface area contributed by atoms with Crippen LogP contribution in [0.5, 0.6) is 5.75 Å². The van der Waals surface area contributed by atoms with Gasteiger partial charge in [-0.05, 0) is 36.2 Å². The van der Waals surface area contributed by atoms with E-state index in [4.69, 9.17) is 26.1 Å². The van der Waals surface area contributed by atoms with E-state index in [2.05, 4.69) is 39.6 Å². The van der Waals surface area contributed by atoms with Crippen molar-refractivity contribution >= 4 is 17.6 Å². The summed E-state index contributed by atoms with van der Waals surface area (Å²) >= 11 is 5.87. The van der Waals surface area contributed by atoms with Gasteiger partial charge in [-0.3, -0.25) is 4.90 Å². The molecule has 0 bridgehead atoms. The predicted molar refractivity (Wildman–Crippen MR) is 120 cm³/mol. The van der Waals surface area contributed by atoms with Gasteiger partial charge < -0.3 is 20.1 Å². The van der Waals surface area contributed by atoms with Crippen molar-refractivity contribution < 1.29 is 9.47 Å². The maximum absolute atomic E-state index is 5.87. The molecular formula is C22H30ClN5O2. The van der Waals surface area contributed by atoms with Crippen LogP contribution in [0.3, 0.4) is 0 Å². The van der Waals surface area contributed by atoms with Crippen LogP contribution in [-0.4, -0.2) is 62.3 Å². The zero-order valence-corrected chi connectivity index (χ0v) is 18.4. The first-order valence-electron chi connectivity index (χ1n) is 10.3. The number of nitrogens with zero attached hydrogens (tertiary/aromatic N) is 3. The first-order valence-corrected chi connectivity index (χ1v) is 10.7. The largest absolute Gasteiger partial charge is 0.497 e. The zero-order chi connectivity index (χ0) is 21.2. The van der Waals surface area contributed by atoms with E-state index in [0.29, 0.717) is 11.7 Å². The van der Waals surface area contributed by atoms with Crippen molar-refractivity contribution in [1.82, 2.24) is 20.5 Å². The molecule has 1 aromatic carbocycles. The van der Waals surface area contributed by atoms with E-state index in [1.54, 1.807) is 19.4 Å². The van der Waals surface area contributed by atoms with E-state index >= 15 is 0 Å². The number of benzene rings is 1. The summed E-state index contributed by atoms with van der Waals surface area (Å²) in [5.41, 5.74) is 2.25. The smallest absolute Gasteiger partial charge is 0.191 e. The summed E-state index contributed by atoms with van der Waals surface area (Å²) in [5.74, 6) is 1.64. The van der Waals surface area contributed by atoms with Gasteiger partial charge in [0.25, 0.3) is 0 Å². The molecule has 2 aromatic rings. The van der Waals surface area contributed by atoms with Gasteiger partial charge in [-0.2, -0.15) is 0 Å². The quantitative estimate of drug-likeness (QED) is 0.380. The standard InChI is InChI=1S/C22H30ClN5O2/c1-3-24-22(26-15-17-4-9-21(23)25-14-17)27-16-20(28-10-12-30-13-11-28)18-5-7-19(29-2)8-6-18/h4-9,14,20H,3,10-13,15-16H2,1-2H3,(H2,24,26,27). The molecule has 1 saturated heterocycles. The summed E-state index contributed by atoms with van der Waals surface area (Å²) in [4.78, 5) is 11.3. The van der Waals surface area contributed by atoms with Gasteiger partial charge in [0, 0.05) is 32.4 Å². The molecule has 0 spiro atoms. The van der Waals surface area contributed by atoms with Crippen molar-refractivity contribution in [3.8, 4) is 5.75 Å². The summed E-state index contributed by atoms with van der Waals surface area (Å²) in [6.45, 7) is 7.43. The number of methoxy groups -OCH3 is 1. The maximum Gasteiger partial charge on any atom is 0.191 e. The van der Waals surface area contributed by atoms with Crippen LogP contribution >= 0.6 is 11.6 Å². The molecule has 162 valence electrons. The molecule has 1 aliphatic rings. The molecule has 1 atom stereocenters. The Morgan fingerprint density at radius 1 is 1.20 bits per heavy atom. The average Bonchev–Trinajstić information content (AvgIpc) is 2.79. The fourth-order valence-corrected chi connectivity index (χ4v) is 3.49. The maximum atomic E-state index is 5.87. The van der Waals surface area contributed by atoms with Crippen LogP contribution < -0.4 is 15.4 Å². The number of guanidine groups is 1. The number of ether oxygens (including phenoxy) is 2. The SMILES string of the molecule is CCNC(=NCc1ccc(Cl)nc1)NCC(c1ccc(OC)cc1)N1CCOCC1. The first-order chi connectivity index (χ1) is 14.7. The zero-order valence-electron chi connectivity index (χ0n) is 17.6. The topological polar surface area (TPSA) is 71.0 Å². The molecule has 0 amide bonds. The van der Waals surface area contributed by atoms with E-state index in [0.717, 1.165) is 56.7 Å². The molecule has 1 unspecified atom stereocenters. The first kappa shape index (κ1) is 22.3. The van der Waals surface area contributed by atoms with Crippen LogP contribution in [0.2, 0.25) is 5.15 Å². The third kappa shape index (κ3) is 6.58. The predicted octanol–water partition coefficient (Wildman–Crippen LogP) is 2.87. The summed E-state index contributed by atoms with van der Waals surface area (Å²) < 4.78 is 10.9. The van der Waals surface area contributed by atoms with Gasteiger partial charge in [-0.25, -0.2) is 9.98 Å². The second-order valence-corrected chi connectivity index (χ2v) is 7.39. The number of hydrogen-bond donors (Lipinski definition) is 2. The van der Waals surface area contributed by atoms with Crippen molar-refractivity contribution in [1.29, 1.82) is 0 Å². The molecular weight excluding hydrogens is 402 g/mol. The van der Waals surface area contributed by atoms with Crippen LogP contribution in [0.25, 0.3) is 0 Å². The minimum atomic E-state index is 0.209. The Hall–Kier alpha value is -2.35. The molecule has 8 heteroatoms. The molecule has 1 aromatic heterocycles. The lowest BCUT2D eigenvalue weighted by molar-refractivity contribution is 0.0170. The Kier molecular flexibility index (Phi) is 8.74. The molecule has 2 N–H and O–H groups in total. The second-order valence-electron chi connectivity index (χ2n) is 7.00. The normalized spacial score (nSPS) is 16.2. The van der Waals surface area contributed by atoms with Crippen LogP contribution in [0.15, 0.2) is 47.6 Å². The van der Waals surface area contributed by atoms with E-state index in [1.165, 1.54) is 5.56 Å². The number of hydrogen-bond acceptors (Lipinski definition) is 5. The van der Waals surface area contributed by atoms with Gasteiger partial charge in [0.15, 0.2) is 5.96 Å². The van der Waals surface area contributed by atoms with Crippen molar-refractivity contribution in [3.63, 3.8) is 0 Å². The molecule has 0 radical (unpaired) electrons. The number of halogens is 1. The fraction of sp³-hybridized carbons (Fsp3) is 0.455. The van der Waals surface area contributed by atoms with E-state index in [1.807, 2.05) is 18.2 Å². The summed E-state index contributed by atoms with van der Waals surface area (Å²) in [7, 11) is 1.69. The number of pyridine rings is 1. The van der Waals surface area contributed by atoms with Gasteiger partial charge >= 0.3 is 0 Å². The van der Waals surface area contributed by atoms with E-state index in [9.17, 15) is 0 Å². The number of aliphatic imine (C=N–C) groups is 1. The Balaban J connectivity index is 1.70. The fourth-order valence-electron chi connectivity index (χ4n) is 3.38. The van der Waals surface area contributed by atoms with Gasteiger partial charge in [-0.1, -0.05) is 29.8 Å². The minimum Gasteiger partial charge on any atom is -0.497 e. The Morgan fingerprint density at radius 2 is 1.97 bits per heavy atom. The summed E-state index contributed by atoms with van der Waals surface area (Å²) in [6.07, 6.45) is 1.75. The Bertz CT molecular complexity index is 792.